The molecule has 2 rings (SSSR count). The number of hydrogen-bond acceptors (Lipinski definition) is 3. The lowest BCUT2D eigenvalue weighted by atomic mass is 10.1. The Balaban J connectivity index is 2.07. The van der Waals surface area contributed by atoms with E-state index in [2.05, 4.69) is 46.3 Å². The highest BCUT2D eigenvalue weighted by molar-refractivity contribution is 14.1. The van der Waals surface area contributed by atoms with E-state index in [1.807, 2.05) is 17.5 Å². The quantitative estimate of drug-likeness (QED) is 0.737. The molecule has 0 aromatic carbocycles. The normalized spacial score (nSPS) is 12.3. The number of rotatable bonds is 5. The minimum atomic E-state index is 0.0287. The molecular formula is C13H14INOS2. The van der Waals surface area contributed by atoms with Gasteiger partial charge in [0.15, 0.2) is 0 Å². The Bertz CT molecular complexity index is 507. The van der Waals surface area contributed by atoms with E-state index in [0.29, 0.717) is 0 Å². The molecule has 0 bridgehead atoms. The van der Waals surface area contributed by atoms with Gasteiger partial charge in [0.05, 0.1) is 14.5 Å². The molecule has 1 N–H and O–H groups in total. The van der Waals surface area contributed by atoms with Gasteiger partial charge in [0, 0.05) is 10.3 Å². The van der Waals surface area contributed by atoms with E-state index in [4.69, 9.17) is 0 Å². The van der Waals surface area contributed by atoms with Crippen LogP contribution in [-0.4, -0.2) is 5.91 Å². The highest BCUT2D eigenvalue weighted by Crippen LogP contribution is 2.24. The summed E-state index contributed by atoms with van der Waals surface area (Å²) < 4.78 is 1.14. The van der Waals surface area contributed by atoms with E-state index in [0.717, 1.165) is 21.3 Å². The van der Waals surface area contributed by atoms with Crippen LogP contribution >= 0.6 is 45.3 Å². The fourth-order valence-electron chi connectivity index (χ4n) is 1.73. The molecule has 2 heterocycles. The highest BCUT2D eigenvalue weighted by atomic mass is 127. The molecule has 18 heavy (non-hydrogen) atoms. The number of thiophene rings is 2. The van der Waals surface area contributed by atoms with Crippen LogP contribution in [0.3, 0.4) is 0 Å². The molecule has 0 aliphatic carbocycles. The number of hydrogen-bond donors (Lipinski definition) is 1. The summed E-state index contributed by atoms with van der Waals surface area (Å²) in [6, 6.07) is 6.18. The lowest BCUT2D eigenvalue weighted by Crippen LogP contribution is -2.27. The minimum Gasteiger partial charge on any atom is -0.344 e. The van der Waals surface area contributed by atoms with Crippen LogP contribution in [0.1, 0.15) is 41.0 Å². The molecule has 1 amide bonds. The van der Waals surface area contributed by atoms with Gasteiger partial charge in [0.1, 0.15) is 0 Å². The molecule has 96 valence electrons. The van der Waals surface area contributed by atoms with Gasteiger partial charge in [-0.2, -0.15) is 0 Å². The van der Waals surface area contributed by atoms with Crippen molar-refractivity contribution in [3.63, 3.8) is 0 Å². The average molecular weight is 391 g/mol. The molecule has 2 aromatic heterocycles. The number of halogens is 1. The second kappa shape index (κ2) is 6.68. The first kappa shape index (κ1) is 14.0. The fraction of sp³-hybridized carbons (Fsp3) is 0.308. The Morgan fingerprint density at radius 1 is 1.50 bits per heavy atom. The van der Waals surface area contributed by atoms with Crippen LogP contribution in [-0.2, 0) is 0 Å². The van der Waals surface area contributed by atoms with Crippen LogP contribution < -0.4 is 5.32 Å². The molecule has 0 saturated heterocycles. The lowest BCUT2D eigenvalue weighted by molar-refractivity contribution is 0.0935. The van der Waals surface area contributed by atoms with Gasteiger partial charge in [-0.05, 0) is 46.5 Å². The smallest absolute Gasteiger partial charge is 0.252 e. The largest absolute Gasteiger partial charge is 0.344 e. The van der Waals surface area contributed by atoms with Gasteiger partial charge in [0.2, 0.25) is 0 Å². The zero-order valence-corrected chi connectivity index (χ0v) is 13.8. The molecular weight excluding hydrogens is 377 g/mol. The van der Waals surface area contributed by atoms with Gasteiger partial charge < -0.3 is 5.32 Å². The summed E-state index contributed by atoms with van der Waals surface area (Å²) in [5.74, 6) is 0.0287. The molecule has 0 fully saturated rings. The van der Waals surface area contributed by atoms with Gasteiger partial charge in [0.25, 0.3) is 5.91 Å². The Labute approximate surface area is 129 Å². The van der Waals surface area contributed by atoms with E-state index >= 15 is 0 Å². The summed E-state index contributed by atoms with van der Waals surface area (Å²) in [5, 5.41) is 7.09. The fourth-order valence-corrected chi connectivity index (χ4v) is 3.87. The molecule has 0 aliphatic rings. The van der Waals surface area contributed by atoms with Crippen molar-refractivity contribution in [2.24, 2.45) is 0 Å². The van der Waals surface area contributed by atoms with E-state index in [1.165, 1.54) is 4.88 Å². The standard InChI is InChI=1S/C13H14INOS2/c1-2-4-10(11-5-3-6-17-11)15-13(16)9-7-12(14)18-8-9/h3,5-8,10H,2,4H2,1H3,(H,15,16). The van der Waals surface area contributed by atoms with Crippen molar-refractivity contribution >= 4 is 51.2 Å². The van der Waals surface area contributed by atoms with Crippen LogP contribution in [0.5, 0.6) is 0 Å². The summed E-state index contributed by atoms with van der Waals surface area (Å²) in [4.78, 5) is 13.4. The molecule has 0 spiro atoms. The topological polar surface area (TPSA) is 29.1 Å². The molecule has 0 aliphatic heterocycles. The van der Waals surface area contributed by atoms with Crippen LogP contribution in [0, 0.1) is 2.88 Å². The predicted molar refractivity (Wildman–Crippen MR) is 86.5 cm³/mol. The maximum absolute atomic E-state index is 12.1. The first-order valence-corrected chi connectivity index (χ1v) is 8.62. The first-order valence-electron chi connectivity index (χ1n) is 5.79. The second-order valence-electron chi connectivity index (χ2n) is 3.97. The van der Waals surface area contributed by atoms with Gasteiger partial charge in [-0.1, -0.05) is 19.4 Å². The van der Waals surface area contributed by atoms with E-state index in [9.17, 15) is 4.79 Å². The van der Waals surface area contributed by atoms with Crippen molar-refractivity contribution in [1.29, 1.82) is 0 Å². The van der Waals surface area contributed by atoms with Crippen LogP contribution in [0.25, 0.3) is 0 Å². The number of carbonyl (C=O) groups is 1. The zero-order chi connectivity index (χ0) is 13.0. The minimum absolute atomic E-state index is 0.0287. The van der Waals surface area contributed by atoms with Crippen molar-refractivity contribution < 1.29 is 4.79 Å². The second-order valence-corrected chi connectivity index (χ2v) is 7.75. The van der Waals surface area contributed by atoms with Crippen molar-refractivity contribution in [1.82, 2.24) is 5.32 Å². The van der Waals surface area contributed by atoms with Crippen LogP contribution in [0.4, 0.5) is 0 Å². The maximum atomic E-state index is 12.1. The van der Waals surface area contributed by atoms with E-state index in [-0.39, 0.29) is 11.9 Å². The molecule has 0 radical (unpaired) electrons. The predicted octanol–water partition coefficient (Wildman–Crippen LogP) is 4.69. The Hall–Kier alpha value is -0.400. The molecule has 2 nitrogen and oxygen atoms in total. The number of carbonyl (C=O) groups excluding carboxylic acids is 1. The van der Waals surface area contributed by atoms with Crippen LogP contribution in [0.2, 0.25) is 0 Å². The third-order valence-corrected chi connectivity index (χ3v) is 5.37. The molecule has 0 saturated carbocycles. The molecule has 1 atom stereocenters. The third kappa shape index (κ3) is 3.55. The van der Waals surface area contributed by atoms with Gasteiger partial charge in [-0.15, -0.1) is 22.7 Å². The van der Waals surface area contributed by atoms with Gasteiger partial charge in [-0.3, -0.25) is 4.79 Å². The lowest BCUT2D eigenvalue weighted by Gasteiger charge is -2.16. The monoisotopic (exact) mass is 391 g/mol. The van der Waals surface area contributed by atoms with Crippen molar-refractivity contribution in [2.75, 3.05) is 0 Å². The SMILES string of the molecule is CCCC(NC(=O)c1csc(I)c1)c1cccs1. The average Bonchev–Trinajstić information content (AvgIpc) is 2.98. The summed E-state index contributed by atoms with van der Waals surface area (Å²) >= 11 is 5.53. The summed E-state index contributed by atoms with van der Waals surface area (Å²) in [6.45, 7) is 2.14. The number of nitrogens with one attached hydrogen (secondary N) is 1. The zero-order valence-electron chi connectivity index (χ0n) is 9.98. The van der Waals surface area contributed by atoms with Crippen molar-refractivity contribution in [3.8, 4) is 0 Å². The van der Waals surface area contributed by atoms with Crippen LogP contribution in [0.15, 0.2) is 29.0 Å². The Morgan fingerprint density at radius 3 is 2.89 bits per heavy atom. The van der Waals surface area contributed by atoms with Crippen molar-refractivity contribution in [3.05, 3.63) is 42.3 Å². The Morgan fingerprint density at radius 2 is 2.33 bits per heavy atom. The van der Waals surface area contributed by atoms with Gasteiger partial charge >= 0.3 is 0 Å². The van der Waals surface area contributed by atoms with E-state index < -0.39 is 0 Å². The molecule has 1 unspecified atom stereocenters. The summed E-state index contributed by atoms with van der Waals surface area (Å²) in [7, 11) is 0. The maximum Gasteiger partial charge on any atom is 0.252 e. The highest BCUT2D eigenvalue weighted by Gasteiger charge is 2.16. The number of amides is 1. The third-order valence-electron chi connectivity index (χ3n) is 2.60. The first-order chi connectivity index (χ1) is 8.70. The van der Waals surface area contributed by atoms with Gasteiger partial charge in [-0.25, -0.2) is 0 Å². The summed E-state index contributed by atoms with van der Waals surface area (Å²) in [5.41, 5.74) is 0.766. The molecule has 5 heteroatoms. The molecule has 2 aromatic rings. The summed E-state index contributed by atoms with van der Waals surface area (Å²) in [6.07, 6.45) is 2.04. The Kier molecular flexibility index (Phi) is 5.20. The van der Waals surface area contributed by atoms with E-state index in [1.54, 1.807) is 22.7 Å². The van der Waals surface area contributed by atoms with Crippen molar-refractivity contribution in [2.45, 2.75) is 25.8 Å².